The zero-order valence-electron chi connectivity index (χ0n) is 11.0. The number of ether oxygens (including phenoxy) is 2. The van der Waals surface area contributed by atoms with Crippen molar-refractivity contribution < 1.29 is 17.9 Å². The predicted molar refractivity (Wildman–Crippen MR) is 76.7 cm³/mol. The lowest BCUT2D eigenvalue weighted by molar-refractivity contribution is 0.0722. The maximum Gasteiger partial charge on any atom is 0.263 e. The molecule has 2 rings (SSSR count). The average molecular weight is 316 g/mol. The molecule has 0 radical (unpaired) electrons. The number of aromatic nitrogens is 1. The van der Waals surface area contributed by atoms with Crippen molar-refractivity contribution in [3.05, 3.63) is 30.5 Å². The lowest BCUT2D eigenvalue weighted by Gasteiger charge is -2.13. The van der Waals surface area contributed by atoms with E-state index in [1.807, 2.05) is 6.92 Å². The highest BCUT2D eigenvalue weighted by molar-refractivity contribution is 8.14. The summed E-state index contributed by atoms with van der Waals surface area (Å²) < 4.78 is 33.8. The number of methoxy groups -OCH3 is 1. The van der Waals surface area contributed by atoms with E-state index in [1.165, 1.54) is 12.3 Å². The maximum atomic E-state index is 11.5. The number of halogens is 1. The van der Waals surface area contributed by atoms with Gasteiger partial charge in [-0.15, -0.1) is 0 Å². The van der Waals surface area contributed by atoms with Crippen LogP contribution >= 0.6 is 10.7 Å². The molecule has 0 fully saturated rings. The fourth-order valence-corrected chi connectivity index (χ4v) is 2.72. The number of nitrogens with zero attached hydrogens (tertiary/aromatic N) is 1. The highest BCUT2D eigenvalue weighted by atomic mass is 35.7. The van der Waals surface area contributed by atoms with Crippen molar-refractivity contribution in [3.8, 4) is 5.75 Å². The van der Waals surface area contributed by atoms with Gasteiger partial charge in [-0.25, -0.2) is 8.42 Å². The van der Waals surface area contributed by atoms with Crippen molar-refractivity contribution >= 4 is 30.6 Å². The Bertz CT molecular complexity index is 717. The van der Waals surface area contributed by atoms with Crippen molar-refractivity contribution in [1.29, 1.82) is 0 Å². The molecule has 0 aliphatic rings. The standard InChI is InChI=1S/C13H14ClNO4S/c1-9(18-2)8-19-11-5-6-12(20(14,16)17)13-10(11)4-3-7-15-13/h3-7,9H,8H2,1-2H3. The fourth-order valence-electron chi connectivity index (χ4n) is 1.72. The maximum absolute atomic E-state index is 11.5. The molecule has 0 spiro atoms. The molecule has 0 amide bonds. The van der Waals surface area contributed by atoms with E-state index in [9.17, 15) is 8.42 Å². The second-order valence-corrected chi connectivity index (χ2v) is 6.79. The van der Waals surface area contributed by atoms with Gasteiger partial charge in [0.25, 0.3) is 9.05 Å². The van der Waals surface area contributed by atoms with Gasteiger partial charge < -0.3 is 9.47 Å². The molecule has 108 valence electrons. The van der Waals surface area contributed by atoms with E-state index in [4.69, 9.17) is 20.2 Å². The van der Waals surface area contributed by atoms with Gasteiger partial charge >= 0.3 is 0 Å². The smallest absolute Gasteiger partial charge is 0.263 e. The number of benzene rings is 1. The largest absolute Gasteiger partial charge is 0.490 e. The molecule has 0 N–H and O–H groups in total. The van der Waals surface area contributed by atoms with Crippen LogP contribution in [0.25, 0.3) is 10.9 Å². The minimum absolute atomic E-state index is 0.0260. The molecule has 5 nitrogen and oxygen atoms in total. The Kier molecular flexibility index (Phi) is 4.47. The summed E-state index contributed by atoms with van der Waals surface area (Å²) in [5.41, 5.74) is 0.296. The van der Waals surface area contributed by atoms with Crippen LogP contribution in [0.4, 0.5) is 0 Å². The Morgan fingerprint density at radius 1 is 1.35 bits per heavy atom. The Labute approximate surface area is 121 Å². The SMILES string of the molecule is COC(C)COc1ccc(S(=O)(=O)Cl)c2ncccc12. The molecule has 0 aliphatic heterocycles. The average Bonchev–Trinajstić information content (AvgIpc) is 2.43. The first-order chi connectivity index (χ1) is 9.43. The van der Waals surface area contributed by atoms with Crippen LogP contribution in [0.2, 0.25) is 0 Å². The number of pyridine rings is 1. The third kappa shape index (κ3) is 3.20. The van der Waals surface area contributed by atoms with Gasteiger partial charge in [0, 0.05) is 29.4 Å². The van der Waals surface area contributed by atoms with Gasteiger partial charge in [0.05, 0.1) is 11.6 Å². The van der Waals surface area contributed by atoms with Crippen LogP contribution in [0.3, 0.4) is 0 Å². The van der Waals surface area contributed by atoms with Crippen molar-refractivity contribution in [2.75, 3.05) is 13.7 Å². The number of hydrogen-bond donors (Lipinski definition) is 0. The molecular weight excluding hydrogens is 302 g/mol. The molecular formula is C13H14ClNO4S. The molecule has 2 aromatic rings. The Morgan fingerprint density at radius 3 is 2.75 bits per heavy atom. The summed E-state index contributed by atoms with van der Waals surface area (Å²) >= 11 is 0. The van der Waals surface area contributed by atoms with Gasteiger partial charge in [0.15, 0.2) is 0 Å². The van der Waals surface area contributed by atoms with Gasteiger partial charge in [0.2, 0.25) is 0 Å². The second kappa shape index (κ2) is 5.95. The van der Waals surface area contributed by atoms with Crippen LogP contribution in [-0.4, -0.2) is 33.2 Å². The normalized spacial score (nSPS) is 13.3. The van der Waals surface area contributed by atoms with Gasteiger partial charge in [-0.3, -0.25) is 4.98 Å². The lowest BCUT2D eigenvalue weighted by Crippen LogP contribution is -2.16. The van der Waals surface area contributed by atoms with Crippen molar-refractivity contribution in [3.63, 3.8) is 0 Å². The second-order valence-electron chi connectivity index (χ2n) is 4.26. The predicted octanol–water partition coefficient (Wildman–Crippen LogP) is 2.58. The number of fused-ring (bicyclic) bond motifs is 1. The van der Waals surface area contributed by atoms with Crippen LogP contribution in [0.5, 0.6) is 5.75 Å². The highest BCUT2D eigenvalue weighted by Gasteiger charge is 2.17. The van der Waals surface area contributed by atoms with E-state index in [-0.39, 0.29) is 11.0 Å². The van der Waals surface area contributed by atoms with Gasteiger partial charge in [-0.05, 0) is 31.2 Å². The van der Waals surface area contributed by atoms with E-state index in [0.29, 0.717) is 23.3 Å². The van der Waals surface area contributed by atoms with Crippen LogP contribution in [0, 0.1) is 0 Å². The Hall–Kier alpha value is -1.37. The van der Waals surface area contributed by atoms with Crippen LogP contribution in [0.15, 0.2) is 35.4 Å². The molecule has 0 aliphatic carbocycles. The Balaban J connectivity index is 2.49. The first-order valence-electron chi connectivity index (χ1n) is 5.91. The number of hydrogen-bond acceptors (Lipinski definition) is 5. The summed E-state index contributed by atoms with van der Waals surface area (Å²) in [6.45, 7) is 2.23. The third-order valence-electron chi connectivity index (χ3n) is 2.83. The number of rotatable bonds is 5. The van der Waals surface area contributed by atoms with E-state index < -0.39 is 9.05 Å². The third-order valence-corrected chi connectivity index (χ3v) is 4.18. The van der Waals surface area contributed by atoms with Crippen molar-refractivity contribution in [1.82, 2.24) is 4.98 Å². The minimum Gasteiger partial charge on any atom is -0.490 e. The highest BCUT2D eigenvalue weighted by Crippen LogP contribution is 2.31. The first-order valence-corrected chi connectivity index (χ1v) is 8.22. The summed E-state index contributed by atoms with van der Waals surface area (Å²) in [6, 6.07) is 6.41. The topological polar surface area (TPSA) is 65.5 Å². The van der Waals surface area contributed by atoms with Crippen LogP contribution in [-0.2, 0) is 13.8 Å². The van der Waals surface area contributed by atoms with E-state index >= 15 is 0 Å². The van der Waals surface area contributed by atoms with Crippen molar-refractivity contribution in [2.24, 2.45) is 0 Å². The summed E-state index contributed by atoms with van der Waals surface area (Å²) in [4.78, 5) is 4.05. The van der Waals surface area contributed by atoms with Crippen molar-refractivity contribution in [2.45, 2.75) is 17.9 Å². The summed E-state index contributed by atoms with van der Waals surface area (Å²) in [7, 11) is 3.15. The fraction of sp³-hybridized carbons (Fsp3) is 0.308. The quantitative estimate of drug-likeness (QED) is 0.793. The van der Waals surface area contributed by atoms with Gasteiger partial charge in [-0.2, -0.15) is 0 Å². The van der Waals surface area contributed by atoms with Gasteiger partial charge in [0.1, 0.15) is 17.3 Å². The summed E-state index contributed by atoms with van der Waals surface area (Å²) in [6.07, 6.45) is 1.44. The molecule has 0 bridgehead atoms. The van der Waals surface area contributed by atoms with E-state index in [1.54, 1.807) is 25.3 Å². The summed E-state index contributed by atoms with van der Waals surface area (Å²) in [5, 5.41) is 0.595. The van der Waals surface area contributed by atoms with Crippen LogP contribution in [0.1, 0.15) is 6.92 Å². The first kappa shape index (κ1) is 15.0. The molecule has 1 aromatic heterocycles. The molecule has 1 aromatic carbocycles. The van der Waals surface area contributed by atoms with Crippen LogP contribution < -0.4 is 4.74 Å². The molecule has 1 heterocycles. The molecule has 7 heteroatoms. The molecule has 1 atom stereocenters. The zero-order chi connectivity index (χ0) is 14.8. The zero-order valence-corrected chi connectivity index (χ0v) is 12.6. The van der Waals surface area contributed by atoms with E-state index in [0.717, 1.165) is 0 Å². The molecule has 0 saturated carbocycles. The molecule has 0 saturated heterocycles. The Morgan fingerprint density at radius 2 is 2.10 bits per heavy atom. The molecule has 20 heavy (non-hydrogen) atoms. The van der Waals surface area contributed by atoms with Gasteiger partial charge in [-0.1, -0.05) is 0 Å². The molecule has 1 unspecified atom stereocenters. The minimum atomic E-state index is -3.85. The van der Waals surface area contributed by atoms with E-state index in [2.05, 4.69) is 4.98 Å². The monoisotopic (exact) mass is 315 g/mol. The summed E-state index contributed by atoms with van der Waals surface area (Å²) in [5.74, 6) is 0.543. The lowest BCUT2D eigenvalue weighted by atomic mass is 10.2.